The minimum absolute atomic E-state index is 0.189. The molecule has 2 aromatic rings. The lowest BCUT2D eigenvalue weighted by Crippen LogP contribution is -2.36. The highest BCUT2D eigenvalue weighted by Gasteiger charge is 2.24. The van der Waals surface area contributed by atoms with E-state index in [4.69, 9.17) is 10.2 Å². The van der Waals surface area contributed by atoms with Crippen LogP contribution in [-0.2, 0) is 0 Å². The zero-order chi connectivity index (χ0) is 13.9. The van der Waals surface area contributed by atoms with Crippen molar-refractivity contribution in [1.29, 1.82) is 0 Å². The van der Waals surface area contributed by atoms with E-state index in [0.717, 1.165) is 42.9 Å². The second-order valence-corrected chi connectivity index (χ2v) is 5.63. The molecule has 0 spiro atoms. The SMILES string of the molecule is CN1CCCN(C(CN)c2cc3ccccc3o2)CC1. The summed E-state index contributed by atoms with van der Waals surface area (Å²) in [4.78, 5) is 4.84. The van der Waals surface area contributed by atoms with Crippen molar-refractivity contribution in [1.82, 2.24) is 9.80 Å². The van der Waals surface area contributed by atoms with Gasteiger partial charge in [0.2, 0.25) is 0 Å². The molecule has 1 aliphatic heterocycles. The number of hydrogen-bond acceptors (Lipinski definition) is 4. The monoisotopic (exact) mass is 273 g/mol. The first-order chi connectivity index (χ1) is 9.78. The van der Waals surface area contributed by atoms with Crippen LogP contribution in [0.4, 0.5) is 0 Å². The largest absolute Gasteiger partial charge is 0.459 e. The number of hydrogen-bond donors (Lipinski definition) is 1. The molecular formula is C16H23N3O. The summed E-state index contributed by atoms with van der Waals surface area (Å²) in [5.41, 5.74) is 6.98. The Bertz CT molecular complexity index is 533. The second kappa shape index (κ2) is 5.95. The molecule has 108 valence electrons. The van der Waals surface area contributed by atoms with Crippen LogP contribution in [0.5, 0.6) is 0 Å². The van der Waals surface area contributed by atoms with Crippen molar-refractivity contribution in [3.05, 3.63) is 36.1 Å². The molecule has 0 radical (unpaired) electrons. The molecule has 0 bridgehead atoms. The van der Waals surface area contributed by atoms with Gasteiger partial charge in [-0.2, -0.15) is 0 Å². The molecule has 3 rings (SSSR count). The fraction of sp³-hybridized carbons (Fsp3) is 0.500. The molecule has 2 heterocycles. The molecule has 1 fully saturated rings. The minimum Gasteiger partial charge on any atom is -0.459 e. The van der Waals surface area contributed by atoms with Gasteiger partial charge in [0.05, 0.1) is 6.04 Å². The summed E-state index contributed by atoms with van der Waals surface area (Å²) in [6, 6.07) is 10.5. The number of benzene rings is 1. The zero-order valence-electron chi connectivity index (χ0n) is 12.1. The van der Waals surface area contributed by atoms with Crippen molar-refractivity contribution >= 4 is 11.0 Å². The topological polar surface area (TPSA) is 45.6 Å². The third-order valence-electron chi connectivity index (χ3n) is 4.19. The Labute approximate surface area is 120 Å². The van der Waals surface area contributed by atoms with Crippen LogP contribution in [-0.4, -0.2) is 49.6 Å². The van der Waals surface area contributed by atoms with Gasteiger partial charge in [0.1, 0.15) is 11.3 Å². The third kappa shape index (κ3) is 2.73. The van der Waals surface area contributed by atoms with Gasteiger partial charge in [0.25, 0.3) is 0 Å². The number of nitrogens with zero attached hydrogens (tertiary/aromatic N) is 2. The lowest BCUT2D eigenvalue weighted by molar-refractivity contribution is 0.187. The number of rotatable bonds is 3. The van der Waals surface area contributed by atoms with E-state index in [2.05, 4.69) is 29.0 Å². The summed E-state index contributed by atoms with van der Waals surface area (Å²) in [5, 5.41) is 1.16. The van der Waals surface area contributed by atoms with Crippen LogP contribution in [0.25, 0.3) is 11.0 Å². The smallest absolute Gasteiger partial charge is 0.134 e. The number of likely N-dealkylation sites (N-methyl/N-ethyl adjacent to an activating group) is 1. The van der Waals surface area contributed by atoms with Crippen LogP contribution in [0, 0.1) is 0 Å². The molecule has 1 unspecified atom stereocenters. The van der Waals surface area contributed by atoms with E-state index in [1.807, 2.05) is 18.2 Å². The van der Waals surface area contributed by atoms with Crippen LogP contribution in [0.2, 0.25) is 0 Å². The van der Waals surface area contributed by atoms with E-state index < -0.39 is 0 Å². The average Bonchev–Trinajstić information content (AvgIpc) is 2.77. The van der Waals surface area contributed by atoms with Crippen LogP contribution >= 0.6 is 0 Å². The molecule has 1 aromatic heterocycles. The minimum atomic E-state index is 0.189. The number of para-hydroxylation sites is 1. The maximum atomic E-state index is 6.03. The normalized spacial score (nSPS) is 20.1. The first-order valence-electron chi connectivity index (χ1n) is 7.39. The molecule has 20 heavy (non-hydrogen) atoms. The van der Waals surface area contributed by atoms with Gasteiger partial charge < -0.3 is 15.1 Å². The van der Waals surface area contributed by atoms with Gasteiger partial charge in [-0.15, -0.1) is 0 Å². The van der Waals surface area contributed by atoms with E-state index in [1.165, 1.54) is 6.42 Å². The average molecular weight is 273 g/mol. The Hall–Kier alpha value is -1.36. The van der Waals surface area contributed by atoms with Gasteiger partial charge in [-0.3, -0.25) is 4.90 Å². The Morgan fingerprint density at radius 2 is 2.05 bits per heavy atom. The molecule has 1 aliphatic rings. The van der Waals surface area contributed by atoms with E-state index >= 15 is 0 Å². The van der Waals surface area contributed by atoms with Gasteiger partial charge in [-0.25, -0.2) is 0 Å². The van der Waals surface area contributed by atoms with Crippen molar-refractivity contribution in [3.63, 3.8) is 0 Å². The van der Waals surface area contributed by atoms with Crippen molar-refractivity contribution in [3.8, 4) is 0 Å². The molecule has 1 atom stereocenters. The summed E-state index contributed by atoms with van der Waals surface area (Å²) >= 11 is 0. The number of fused-ring (bicyclic) bond motifs is 1. The molecule has 0 aliphatic carbocycles. The predicted octanol–water partition coefficient (Wildman–Crippen LogP) is 2.07. The summed E-state index contributed by atoms with van der Waals surface area (Å²) < 4.78 is 6.01. The maximum absolute atomic E-state index is 6.03. The summed E-state index contributed by atoms with van der Waals surface area (Å²) in [7, 11) is 2.18. The second-order valence-electron chi connectivity index (χ2n) is 5.63. The van der Waals surface area contributed by atoms with Gasteiger partial charge in [0, 0.05) is 31.6 Å². The van der Waals surface area contributed by atoms with Gasteiger partial charge in [-0.1, -0.05) is 18.2 Å². The molecule has 2 N–H and O–H groups in total. The Balaban J connectivity index is 1.84. The first kappa shape index (κ1) is 13.6. The highest BCUT2D eigenvalue weighted by atomic mass is 16.3. The van der Waals surface area contributed by atoms with Gasteiger partial charge in [-0.05, 0) is 32.1 Å². The van der Waals surface area contributed by atoms with E-state index in [1.54, 1.807) is 0 Å². The van der Waals surface area contributed by atoms with Crippen LogP contribution in [0.3, 0.4) is 0 Å². The molecule has 0 saturated carbocycles. The van der Waals surface area contributed by atoms with Crippen LogP contribution < -0.4 is 5.73 Å². The van der Waals surface area contributed by atoms with Gasteiger partial charge >= 0.3 is 0 Å². The number of nitrogens with two attached hydrogens (primary N) is 1. The molecule has 1 saturated heterocycles. The Kier molecular flexibility index (Phi) is 4.05. The zero-order valence-corrected chi connectivity index (χ0v) is 12.1. The maximum Gasteiger partial charge on any atom is 0.134 e. The fourth-order valence-electron chi connectivity index (χ4n) is 2.99. The van der Waals surface area contributed by atoms with E-state index in [0.29, 0.717) is 6.54 Å². The van der Waals surface area contributed by atoms with Crippen molar-refractivity contribution in [2.24, 2.45) is 5.73 Å². The highest BCUT2D eigenvalue weighted by Crippen LogP contribution is 2.27. The molecule has 1 aromatic carbocycles. The highest BCUT2D eigenvalue weighted by molar-refractivity contribution is 5.77. The summed E-state index contributed by atoms with van der Waals surface area (Å²) in [5.74, 6) is 0.998. The van der Waals surface area contributed by atoms with Crippen molar-refractivity contribution in [2.45, 2.75) is 12.5 Å². The third-order valence-corrected chi connectivity index (χ3v) is 4.19. The van der Waals surface area contributed by atoms with E-state index in [-0.39, 0.29) is 6.04 Å². The quantitative estimate of drug-likeness (QED) is 0.930. The van der Waals surface area contributed by atoms with Crippen LogP contribution in [0.15, 0.2) is 34.7 Å². The lowest BCUT2D eigenvalue weighted by Gasteiger charge is -2.27. The lowest BCUT2D eigenvalue weighted by atomic mass is 10.1. The Morgan fingerprint density at radius 3 is 2.85 bits per heavy atom. The molecular weight excluding hydrogens is 250 g/mol. The summed E-state index contributed by atoms with van der Waals surface area (Å²) in [6.07, 6.45) is 1.19. The molecule has 4 nitrogen and oxygen atoms in total. The van der Waals surface area contributed by atoms with Crippen molar-refractivity contribution in [2.75, 3.05) is 39.8 Å². The summed E-state index contributed by atoms with van der Waals surface area (Å²) in [6.45, 7) is 4.99. The Morgan fingerprint density at radius 1 is 1.20 bits per heavy atom. The predicted molar refractivity (Wildman–Crippen MR) is 81.7 cm³/mol. The first-order valence-corrected chi connectivity index (χ1v) is 7.39. The standard InChI is InChI=1S/C16H23N3O/c1-18-7-4-8-19(10-9-18)14(12-17)16-11-13-5-2-3-6-15(13)20-16/h2-3,5-6,11,14H,4,7-10,12,17H2,1H3. The van der Waals surface area contributed by atoms with Crippen LogP contribution in [0.1, 0.15) is 18.2 Å². The van der Waals surface area contributed by atoms with Gasteiger partial charge in [0.15, 0.2) is 0 Å². The number of furan rings is 1. The van der Waals surface area contributed by atoms with Crippen molar-refractivity contribution < 1.29 is 4.42 Å². The molecule has 0 amide bonds. The molecule has 4 heteroatoms. The van der Waals surface area contributed by atoms with E-state index in [9.17, 15) is 0 Å². The fourth-order valence-corrected chi connectivity index (χ4v) is 2.99.